The Morgan fingerprint density at radius 3 is 2.17 bits per heavy atom. The van der Waals surface area contributed by atoms with Gasteiger partial charge < -0.3 is 15.7 Å². The predicted octanol–water partition coefficient (Wildman–Crippen LogP) is 1.59. The first-order chi connectivity index (χ1) is 8.08. The summed E-state index contributed by atoms with van der Waals surface area (Å²) >= 11 is 0. The summed E-state index contributed by atoms with van der Waals surface area (Å²) in [7, 11) is 0. The third-order valence-electron chi connectivity index (χ3n) is 3.44. The Morgan fingerprint density at radius 1 is 1.33 bits per heavy atom. The highest BCUT2D eigenvalue weighted by Crippen LogP contribution is 2.30. The van der Waals surface area contributed by atoms with E-state index in [1.165, 1.54) is 0 Å². The molecule has 0 saturated heterocycles. The lowest BCUT2D eigenvalue weighted by molar-refractivity contribution is -0.150. The second kappa shape index (κ2) is 5.76. The highest BCUT2D eigenvalue weighted by molar-refractivity contribution is 5.80. The minimum absolute atomic E-state index is 0.353. The van der Waals surface area contributed by atoms with E-state index in [0.29, 0.717) is 6.42 Å². The molecule has 0 heterocycles. The fraction of sp³-hybridized carbons (Fsp3) is 0.692. The zero-order valence-corrected chi connectivity index (χ0v) is 11.6. The molecule has 0 bridgehead atoms. The van der Waals surface area contributed by atoms with E-state index in [2.05, 4.69) is 16.6 Å². The molecular weight excluding hydrogens is 232 g/mol. The molecule has 0 aromatic heterocycles. The molecule has 5 heteroatoms. The van der Waals surface area contributed by atoms with Gasteiger partial charge in [0.25, 0.3) is 0 Å². The molecular formula is C13H22N2O3. The van der Waals surface area contributed by atoms with E-state index in [1.807, 2.05) is 6.92 Å². The highest BCUT2D eigenvalue weighted by Gasteiger charge is 2.44. The predicted molar refractivity (Wildman–Crippen MR) is 70.1 cm³/mol. The van der Waals surface area contributed by atoms with Gasteiger partial charge in [0.05, 0.1) is 17.0 Å². The molecule has 102 valence electrons. The molecule has 0 aliphatic heterocycles. The van der Waals surface area contributed by atoms with Crippen LogP contribution in [-0.2, 0) is 4.79 Å². The molecule has 0 spiro atoms. The largest absolute Gasteiger partial charge is 0.481 e. The van der Waals surface area contributed by atoms with Gasteiger partial charge in [-0.05, 0) is 34.1 Å². The number of terminal acetylenes is 1. The summed E-state index contributed by atoms with van der Waals surface area (Å²) in [6.45, 7) is 8.31. The molecule has 0 aromatic carbocycles. The molecule has 3 N–H and O–H groups in total. The van der Waals surface area contributed by atoms with Gasteiger partial charge in [-0.2, -0.15) is 0 Å². The zero-order chi connectivity index (χ0) is 14.6. The number of hydrogen-bond acceptors (Lipinski definition) is 2. The van der Waals surface area contributed by atoms with Gasteiger partial charge in [-0.25, -0.2) is 4.79 Å². The second-order valence-electron chi connectivity index (χ2n) is 5.28. The summed E-state index contributed by atoms with van der Waals surface area (Å²) in [5, 5.41) is 14.4. The lowest BCUT2D eigenvalue weighted by atomic mass is 9.74. The molecule has 1 atom stereocenters. The molecule has 1 unspecified atom stereocenters. The number of hydrogen-bond donors (Lipinski definition) is 3. The number of amides is 2. The summed E-state index contributed by atoms with van der Waals surface area (Å²) in [4.78, 5) is 22.9. The van der Waals surface area contributed by atoms with Crippen LogP contribution in [-0.4, -0.2) is 28.7 Å². The van der Waals surface area contributed by atoms with Gasteiger partial charge in [0.15, 0.2) is 0 Å². The molecule has 18 heavy (non-hydrogen) atoms. The quantitative estimate of drug-likeness (QED) is 0.652. The molecule has 0 aliphatic carbocycles. The van der Waals surface area contributed by atoms with Crippen molar-refractivity contribution in [3.05, 3.63) is 0 Å². The molecule has 0 rings (SSSR count). The molecule has 0 radical (unpaired) electrons. The summed E-state index contributed by atoms with van der Waals surface area (Å²) in [6.07, 6.45) is 5.86. The van der Waals surface area contributed by atoms with Gasteiger partial charge in [-0.1, -0.05) is 12.8 Å². The summed E-state index contributed by atoms with van der Waals surface area (Å²) in [5.41, 5.74) is -2.00. The number of carboxylic acids is 1. The van der Waals surface area contributed by atoms with E-state index in [1.54, 1.807) is 27.7 Å². The Hall–Kier alpha value is -1.70. The van der Waals surface area contributed by atoms with Crippen molar-refractivity contribution in [1.82, 2.24) is 10.6 Å². The van der Waals surface area contributed by atoms with Crippen LogP contribution in [0.15, 0.2) is 0 Å². The minimum atomic E-state index is -1.10. The van der Waals surface area contributed by atoms with Crippen LogP contribution in [0.2, 0.25) is 0 Å². The third kappa shape index (κ3) is 3.66. The SMILES string of the molecule is C#CC(CC)NC(=O)NC(C)(C)C(C)(C)C(=O)O. The average molecular weight is 254 g/mol. The topological polar surface area (TPSA) is 78.4 Å². The number of nitrogens with one attached hydrogen (secondary N) is 2. The van der Waals surface area contributed by atoms with Crippen LogP contribution in [0.4, 0.5) is 4.79 Å². The van der Waals surface area contributed by atoms with E-state index in [4.69, 9.17) is 11.5 Å². The summed E-state index contributed by atoms with van der Waals surface area (Å²) in [6, 6.07) is -0.812. The highest BCUT2D eigenvalue weighted by atomic mass is 16.4. The Bertz CT molecular complexity index is 367. The van der Waals surface area contributed by atoms with Crippen LogP contribution in [0.3, 0.4) is 0 Å². The number of urea groups is 1. The smallest absolute Gasteiger partial charge is 0.316 e. The van der Waals surface area contributed by atoms with Crippen LogP contribution >= 0.6 is 0 Å². The second-order valence-corrected chi connectivity index (χ2v) is 5.28. The monoisotopic (exact) mass is 254 g/mol. The Balaban J connectivity index is 4.75. The van der Waals surface area contributed by atoms with Gasteiger partial charge in [0.2, 0.25) is 0 Å². The van der Waals surface area contributed by atoms with Crippen molar-refractivity contribution >= 4 is 12.0 Å². The van der Waals surface area contributed by atoms with Crippen LogP contribution in [0, 0.1) is 17.8 Å². The molecule has 2 amide bonds. The zero-order valence-electron chi connectivity index (χ0n) is 11.6. The van der Waals surface area contributed by atoms with Crippen molar-refractivity contribution < 1.29 is 14.7 Å². The maximum absolute atomic E-state index is 11.7. The van der Waals surface area contributed by atoms with E-state index in [0.717, 1.165) is 0 Å². The first-order valence-electron chi connectivity index (χ1n) is 5.86. The van der Waals surface area contributed by atoms with Crippen molar-refractivity contribution in [2.45, 2.75) is 52.6 Å². The number of carboxylic acid groups (broad SMARTS) is 1. The van der Waals surface area contributed by atoms with Gasteiger partial charge in [0, 0.05) is 0 Å². The summed E-state index contributed by atoms with van der Waals surface area (Å²) < 4.78 is 0. The molecule has 0 fully saturated rings. The normalized spacial score (nSPS) is 13.3. The van der Waals surface area contributed by atoms with Crippen LogP contribution in [0.25, 0.3) is 0 Å². The Kier molecular flexibility index (Phi) is 5.22. The van der Waals surface area contributed by atoms with Gasteiger partial charge in [-0.3, -0.25) is 4.79 Å². The van der Waals surface area contributed by atoms with E-state index < -0.39 is 23.0 Å². The van der Waals surface area contributed by atoms with Gasteiger partial charge in [-0.15, -0.1) is 6.42 Å². The van der Waals surface area contributed by atoms with Crippen molar-refractivity contribution in [3.63, 3.8) is 0 Å². The number of rotatable bonds is 5. The van der Waals surface area contributed by atoms with Crippen molar-refractivity contribution in [2.24, 2.45) is 5.41 Å². The maximum Gasteiger partial charge on any atom is 0.316 e. The van der Waals surface area contributed by atoms with E-state index in [-0.39, 0.29) is 6.04 Å². The standard InChI is InChI=1S/C13H22N2O3/c1-7-9(8-2)14-11(18)15-13(5,6)12(3,4)10(16)17/h1,9H,8H2,2-6H3,(H,16,17)(H2,14,15,18). The van der Waals surface area contributed by atoms with Crippen LogP contribution < -0.4 is 10.6 Å². The first-order valence-corrected chi connectivity index (χ1v) is 5.86. The van der Waals surface area contributed by atoms with Gasteiger partial charge >= 0.3 is 12.0 Å². The lowest BCUT2D eigenvalue weighted by Gasteiger charge is -2.38. The Labute approximate surface area is 108 Å². The van der Waals surface area contributed by atoms with Crippen LogP contribution in [0.1, 0.15) is 41.0 Å². The van der Waals surface area contributed by atoms with E-state index >= 15 is 0 Å². The van der Waals surface area contributed by atoms with Gasteiger partial charge in [0.1, 0.15) is 0 Å². The maximum atomic E-state index is 11.7. The number of carbonyl (C=O) groups excluding carboxylic acids is 1. The molecule has 5 nitrogen and oxygen atoms in total. The molecule has 0 saturated carbocycles. The minimum Gasteiger partial charge on any atom is -0.481 e. The Morgan fingerprint density at radius 2 is 1.83 bits per heavy atom. The molecule has 0 aliphatic rings. The number of aliphatic carboxylic acids is 1. The molecule has 0 aromatic rings. The lowest BCUT2D eigenvalue weighted by Crippen LogP contribution is -2.59. The number of carbonyl (C=O) groups is 2. The first kappa shape index (κ1) is 16.3. The van der Waals surface area contributed by atoms with Crippen molar-refractivity contribution in [2.75, 3.05) is 0 Å². The average Bonchev–Trinajstić information content (AvgIpc) is 2.24. The van der Waals surface area contributed by atoms with Crippen molar-refractivity contribution in [1.29, 1.82) is 0 Å². The summed E-state index contributed by atoms with van der Waals surface area (Å²) in [5.74, 6) is 1.47. The fourth-order valence-corrected chi connectivity index (χ4v) is 1.16. The fourth-order valence-electron chi connectivity index (χ4n) is 1.16. The van der Waals surface area contributed by atoms with E-state index in [9.17, 15) is 9.59 Å². The third-order valence-corrected chi connectivity index (χ3v) is 3.44. The van der Waals surface area contributed by atoms with Crippen molar-refractivity contribution in [3.8, 4) is 12.3 Å². The van der Waals surface area contributed by atoms with Crippen LogP contribution in [0.5, 0.6) is 0 Å².